The van der Waals surface area contributed by atoms with Gasteiger partial charge in [-0.2, -0.15) is 0 Å². The van der Waals surface area contributed by atoms with Gasteiger partial charge in [-0.15, -0.1) is 0 Å². The summed E-state index contributed by atoms with van der Waals surface area (Å²) in [6, 6.07) is 0.929. The number of fused-ring (bicyclic) bond motifs is 6. The quantitative estimate of drug-likeness (QED) is 0.504. The molecule has 0 radical (unpaired) electrons. The smallest absolute Gasteiger partial charge is 0.249 e. The van der Waals surface area contributed by atoms with Gasteiger partial charge < -0.3 is 39.2 Å². The average Bonchev–Trinajstić information content (AvgIpc) is 3.57. The molecule has 4 saturated heterocycles. The van der Waals surface area contributed by atoms with Gasteiger partial charge >= 0.3 is 0 Å². The van der Waals surface area contributed by atoms with Crippen LogP contribution in [0.1, 0.15) is 64.7 Å². The van der Waals surface area contributed by atoms with Gasteiger partial charge in [0, 0.05) is 32.3 Å². The summed E-state index contributed by atoms with van der Waals surface area (Å²) in [6.45, 7) is 3.24. The molecule has 2 amide bonds. The minimum absolute atomic E-state index is 0.0321. The molecule has 3 saturated carbocycles. The van der Waals surface area contributed by atoms with Gasteiger partial charge in [0.25, 0.3) is 0 Å². The molecule has 7 fully saturated rings. The van der Waals surface area contributed by atoms with Crippen molar-refractivity contribution in [1.29, 1.82) is 0 Å². The van der Waals surface area contributed by atoms with Crippen LogP contribution < -0.4 is 10.6 Å². The lowest BCUT2D eigenvalue weighted by atomic mass is 9.64. The molecule has 10 heteroatoms. The van der Waals surface area contributed by atoms with Gasteiger partial charge in [0.1, 0.15) is 12.9 Å². The zero-order chi connectivity index (χ0) is 27.5. The van der Waals surface area contributed by atoms with E-state index < -0.39 is 6.10 Å². The maximum Gasteiger partial charge on any atom is 0.249 e. The Hall–Kier alpha value is -1.30. The van der Waals surface area contributed by atoms with Crippen molar-refractivity contribution in [2.75, 3.05) is 27.6 Å². The third-order valence-corrected chi connectivity index (χ3v) is 11.7. The maximum atomic E-state index is 14.2. The van der Waals surface area contributed by atoms with Crippen molar-refractivity contribution >= 4 is 11.8 Å². The molecule has 40 heavy (non-hydrogen) atoms. The van der Waals surface area contributed by atoms with E-state index in [2.05, 4.69) is 15.5 Å². The van der Waals surface area contributed by atoms with Crippen LogP contribution >= 0.6 is 0 Å². The molecule has 2 N–H and O–H groups in total. The fraction of sp³-hybridized carbons (Fsp3) is 0.933. The second-order valence-corrected chi connectivity index (χ2v) is 13.4. The minimum atomic E-state index is -0.497. The summed E-state index contributed by atoms with van der Waals surface area (Å²) >= 11 is 0. The third kappa shape index (κ3) is 4.52. The summed E-state index contributed by atoms with van der Waals surface area (Å²) in [5.74, 6) is 1.29. The van der Waals surface area contributed by atoms with Crippen molar-refractivity contribution in [2.45, 2.75) is 126 Å². The zero-order valence-electron chi connectivity index (χ0n) is 24.2. The van der Waals surface area contributed by atoms with Gasteiger partial charge in [-0.05, 0) is 89.0 Å². The highest BCUT2D eigenvalue weighted by Crippen LogP contribution is 2.54. The Morgan fingerprint density at radius 3 is 2.65 bits per heavy atom. The van der Waals surface area contributed by atoms with E-state index in [1.807, 2.05) is 6.92 Å². The Bertz CT molecular complexity index is 968. The van der Waals surface area contributed by atoms with Gasteiger partial charge in [0.15, 0.2) is 0 Å². The predicted molar refractivity (Wildman–Crippen MR) is 144 cm³/mol. The molecular formula is C30H47N3O7. The zero-order valence-corrected chi connectivity index (χ0v) is 24.2. The molecule has 3 aliphatic carbocycles. The number of rotatable bonds is 6. The Balaban J connectivity index is 1.01. The number of methoxy groups -OCH3 is 2. The summed E-state index contributed by atoms with van der Waals surface area (Å²) < 4.78 is 29.4. The molecule has 0 spiro atoms. The summed E-state index contributed by atoms with van der Waals surface area (Å²) in [5.41, 5.74) is 0. The fourth-order valence-corrected chi connectivity index (χ4v) is 9.94. The molecule has 4 aliphatic heterocycles. The van der Waals surface area contributed by atoms with Gasteiger partial charge in [-0.25, -0.2) is 0 Å². The van der Waals surface area contributed by atoms with Gasteiger partial charge in [0.2, 0.25) is 11.8 Å². The largest absolute Gasteiger partial charge is 0.379 e. The second-order valence-electron chi connectivity index (χ2n) is 13.4. The maximum absolute atomic E-state index is 14.2. The van der Waals surface area contributed by atoms with E-state index in [1.54, 1.807) is 14.2 Å². The van der Waals surface area contributed by atoms with Crippen molar-refractivity contribution in [3.63, 3.8) is 0 Å². The Morgan fingerprint density at radius 2 is 1.82 bits per heavy atom. The molecule has 10 nitrogen and oxygen atoms in total. The minimum Gasteiger partial charge on any atom is -0.379 e. The first-order valence-electron chi connectivity index (χ1n) is 15.8. The summed E-state index contributed by atoms with van der Waals surface area (Å²) in [6.07, 6.45) is 7.97. The SMILES string of the molecule is COC1CCC2C3NCCC4C5CC(OC(C)C(=O)NC6CCC7OCOC7C6)CCC5N(C(=O)C2C1OC)C43. The second kappa shape index (κ2) is 11.1. The van der Waals surface area contributed by atoms with Crippen LogP contribution in [0.4, 0.5) is 0 Å². The van der Waals surface area contributed by atoms with Crippen LogP contribution in [0.5, 0.6) is 0 Å². The van der Waals surface area contributed by atoms with Crippen molar-refractivity contribution in [3.05, 3.63) is 0 Å². The Morgan fingerprint density at radius 1 is 0.975 bits per heavy atom. The lowest BCUT2D eigenvalue weighted by molar-refractivity contribution is -0.175. The first kappa shape index (κ1) is 27.5. The monoisotopic (exact) mass is 561 g/mol. The average molecular weight is 562 g/mol. The molecule has 0 aromatic rings. The summed E-state index contributed by atoms with van der Waals surface area (Å²) in [7, 11) is 3.46. The van der Waals surface area contributed by atoms with Crippen LogP contribution in [0, 0.1) is 23.7 Å². The first-order valence-corrected chi connectivity index (χ1v) is 15.8. The Kier molecular flexibility index (Phi) is 7.62. The molecule has 4 heterocycles. The highest BCUT2D eigenvalue weighted by atomic mass is 16.7. The topological polar surface area (TPSA) is 108 Å². The number of hydrogen-bond donors (Lipinski definition) is 2. The molecular weight excluding hydrogens is 514 g/mol. The third-order valence-electron chi connectivity index (χ3n) is 11.7. The molecule has 0 aromatic carbocycles. The molecule has 14 unspecified atom stereocenters. The number of nitrogens with zero attached hydrogens (tertiary/aromatic N) is 1. The van der Waals surface area contributed by atoms with E-state index in [-0.39, 0.29) is 66.4 Å². The summed E-state index contributed by atoms with van der Waals surface area (Å²) in [4.78, 5) is 29.6. The van der Waals surface area contributed by atoms with Crippen LogP contribution in [0.15, 0.2) is 0 Å². The predicted octanol–water partition coefficient (Wildman–Crippen LogP) is 1.60. The molecule has 0 aromatic heterocycles. The lowest BCUT2D eigenvalue weighted by Crippen LogP contribution is -2.70. The normalized spacial score (nSPS) is 48.5. The lowest BCUT2D eigenvalue weighted by Gasteiger charge is -2.55. The van der Waals surface area contributed by atoms with Crippen LogP contribution in [0.3, 0.4) is 0 Å². The van der Waals surface area contributed by atoms with Crippen molar-refractivity contribution in [1.82, 2.24) is 15.5 Å². The van der Waals surface area contributed by atoms with Crippen molar-refractivity contribution < 1.29 is 33.3 Å². The van der Waals surface area contributed by atoms with Crippen LogP contribution in [-0.2, 0) is 33.3 Å². The number of piperidine rings is 2. The highest BCUT2D eigenvalue weighted by molar-refractivity contribution is 5.83. The standard InChI is InChI=1S/C30H47N3O7/c1-15(29(34)32-16-4-8-22-24(12-16)39-14-38-22)40-17-5-7-21-20(13-17)18-10-11-31-26-19-6-9-23(36-2)28(37-3)25(19)30(35)33(21)27(18)26/h15-28,31H,4-14H2,1-3H3,(H,32,34). The number of nitrogens with one attached hydrogen (secondary N) is 2. The van der Waals surface area contributed by atoms with E-state index in [1.165, 1.54) is 0 Å². The van der Waals surface area contributed by atoms with Gasteiger partial charge in [-0.3, -0.25) is 9.59 Å². The Labute approximate surface area is 237 Å². The number of ether oxygens (including phenoxy) is 5. The van der Waals surface area contributed by atoms with E-state index in [0.29, 0.717) is 30.6 Å². The van der Waals surface area contributed by atoms with Gasteiger partial charge in [-0.1, -0.05) is 0 Å². The van der Waals surface area contributed by atoms with E-state index >= 15 is 0 Å². The summed E-state index contributed by atoms with van der Waals surface area (Å²) in [5, 5.41) is 7.06. The number of amides is 2. The molecule has 224 valence electrons. The highest BCUT2D eigenvalue weighted by Gasteiger charge is 2.64. The van der Waals surface area contributed by atoms with Crippen molar-refractivity contribution in [3.8, 4) is 0 Å². The van der Waals surface area contributed by atoms with E-state index in [4.69, 9.17) is 23.7 Å². The van der Waals surface area contributed by atoms with E-state index in [9.17, 15) is 9.59 Å². The number of carbonyl (C=O) groups excluding carboxylic acids is 2. The molecule has 7 rings (SSSR count). The van der Waals surface area contributed by atoms with E-state index in [0.717, 1.165) is 64.3 Å². The van der Waals surface area contributed by atoms with Crippen LogP contribution in [0.25, 0.3) is 0 Å². The van der Waals surface area contributed by atoms with Crippen LogP contribution in [0.2, 0.25) is 0 Å². The molecule has 7 aliphatic rings. The number of carbonyl (C=O) groups is 2. The molecule has 14 atom stereocenters. The van der Waals surface area contributed by atoms with Crippen LogP contribution in [-0.4, -0.2) is 105 Å². The fourth-order valence-electron chi connectivity index (χ4n) is 9.94. The molecule has 0 bridgehead atoms. The van der Waals surface area contributed by atoms with Gasteiger partial charge in [0.05, 0.1) is 42.5 Å². The van der Waals surface area contributed by atoms with Crippen molar-refractivity contribution in [2.24, 2.45) is 23.7 Å². The first-order chi connectivity index (χ1) is 19.5. The number of hydrogen-bond acceptors (Lipinski definition) is 8.